The molecule has 1 heterocycles. The Morgan fingerprint density at radius 1 is 1.11 bits per heavy atom. The van der Waals surface area contributed by atoms with E-state index in [1.807, 2.05) is 0 Å². The Bertz CT molecular complexity index is 856. The molecule has 2 aromatic rings. The van der Waals surface area contributed by atoms with Gasteiger partial charge in [0.05, 0.1) is 22.0 Å². The summed E-state index contributed by atoms with van der Waals surface area (Å²) in [4.78, 5) is 19.0. The van der Waals surface area contributed by atoms with E-state index >= 15 is 0 Å². The number of aryl methyl sites for hydroxylation is 1. The highest BCUT2D eigenvalue weighted by atomic mass is 35.5. The van der Waals surface area contributed by atoms with Crippen LogP contribution in [-0.2, 0) is 17.1 Å². The SMILES string of the molecule is Cc1cc(C(F)(F)F)nc(SCC(=O)Nc2cc(C(F)(F)F)ccc2Cl)n1. The lowest BCUT2D eigenvalue weighted by molar-refractivity contribution is -0.141. The molecular formula is C15H10ClF6N3OS. The van der Waals surface area contributed by atoms with Crippen molar-refractivity contribution in [2.75, 3.05) is 11.1 Å². The molecule has 0 aliphatic rings. The molecule has 1 N–H and O–H groups in total. The first-order valence-electron chi connectivity index (χ1n) is 7.08. The summed E-state index contributed by atoms with van der Waals surface area (Å²) < 4.78 is 76.3. The largest absolute Gasteiger partial charge is 0.433 e. The van der Waals surface area contributed by atoms with Gasteiger partial charge in [0.15, 0.2) is 5.16 Å². The van der Waals surface area contributed by atoms with Crippen LogP contribution in [-0.4, -0.2) is 21.6 Å². The zero-order valence-corrected chi connectivity index (χ0v) is 14.9. The fraction of sp³-hybridized carbons (Fsp3) is 0.267. The van der Waals surface area contributed by atoms with Crippen LogP contribution in [0.2, 0.25) is 5.02 Å². The highest BCUT2D eigenvalue weighted by molar-refractivity contribution is 7.99. The highest BCUT2D eigenvalue weighted by Gasteiger charge is 2.33. The lowest BCUT2D eigenvalue weighted by atomic mass is 10.2. The number of thioether (sulfide) groups is 1. The minimum absolute atomic E-state index is 0.0566. The van der Waals surface area contributed by atoms with Crippen molar-refractivity contribution in [3.63, 3.8) is 0 Å². The van der Waals surface area contributed by atoms with E-state index in [-0.39, 0.29) is 21.6 Å². The molecule has 0 spiro atoms. The van der Waals surface area contributed by atoms with Crippen molar-refractivity contribution in [2.24, 2.45) is 0 Å². The second-order valence-electron chi connectivity index (χ2n) is 5.20. The van der Waals surface area contributed by atoms with Gasteiger partial charge in [-0.3, -0.25) is 4.79 Å². The molecule has 12 heteroatoms. The number of benzene rings is 1. The molecule has 0 fully saturated rings. The second-order valence-corrected chi connectivity index (χ2v) is 6.55. The fourth-order valence-corrected chi connectivity index (χ4v) is 2.73. The molecule has 2 rings (SSSR count). The number of aromatic nitrogens is 2. The van der Waals surface area contributed by atoms with Crippen molar-refractivity contribution in [2.45, 2.75) is 24.4 Å². The van der Waals surface area contributed by atoms with Gasteiger partial charge in [-0.2, -0.15) is 26.3 Å². The molecule has 0 aliphatic carbocycles. The van der Waals surface area contributed by atoms with E-state index in [4.69, 9.17) is 11.6 Å². The Hall–Kier alpha value is -2.01. The van der Waals surface area contributed by atoms with E-state index in [1.54, 1.807) is 0 Å². The van der Waals surface area contributed by atoms with Crippen LogP contribution in [0.15, 0.2) is 29.4 Å². The number of carbonyl (C=O) groups excluding carboxylic acids is 1. The number of rotatable bonds is 4. The quantitative estimate of drug-likeness (QED) is 0.412. The van der Waals surface area contributed by atoms with Crippen LogP contribution < -0.4 is 5.32 Å². The van der Waals surface area contributed by atoms with Gasteiger partial charge < -0.3 is 5.32 Å². The van der Waals surface area contributed by atoms with Crippen LogP contribution in [0.4, 0.5) is 32.0 Å². The predicted octanol–water partition coefficient (Wildman–Crippen LogP) is 5.21. The first-order valence-corrected chi connectivity index (χ1v) is 8.45. The fourth-order valence-electron chi connectivity index (χ4n) is 1.86. The monoisotopic (exact) mass is 429 g/mol. The summed E-state index contributed by atoms with van der Waals surface area (Å²) in [6.45, 7) is 1.34. The van der Waals surface area contributed by atoms with Gasteiger partial charge >= 0.3 is 12.4 Å². The van der Waals surface area contributed by atoms with Gasteiger partial charge in [-0.05, 0) is 31.2 Å². The summed E-state index contributed by atoms with van der Waals surface area (Å²) >= 11 is 6.37. The maximum Gasteiger partial charge on any atom is 0.433 e. The smallest absolute Gasteiger partial charge is 0.324 e. The number of halogens is 7. The van der Waals surface area contributed by atoms with Gasteiger partial charge in [0, 0.05) is 5.69 Å². The number of alkyl halides is 6. The molecule has 1 aromatic heterocycles. The summed E-state index contributed by atoms with van der Waals surface area (Å²) in [5, 5.41) is 1.78. The number of carbonyl (C=O) groups is 1. The number of hydrogen-bond donors (Lipinski definition) is 1. The minimum atomic E-state index is -4.67. The molecule has 0 atom stereocenters. The van der Waals surface area contributed by atoms with Crippen LogP contribution >= 0.6 is 23.4 Å². The van der Waals surface area contributed by atoms with E-state index in [0.717, 1.165) is 18.2 Å². The van der Waals surface area contributed by atoms with Crippen molar-refractivity contribution in [3.8, 4) is 0 Å². The summed E-state index contributed by atoms with van der Waals surface area (Å²) in [7, 11) is 0. The normalized spacial score (nSPS) is 12.1. The van der Waals surface area contributed by atoms with Gasteiger partial charge in [-0.1, -0.05) is 23.4 Å². The van der Waals surface area contributed by atoms with Crippen molar-refractivity contribution < 1.29 is 31.1 Å². The molecule has 1 aromatic carbocycles. The van der Waals surface area contributed by atoms with Crippen molar-refractivity contribution in [3.05, 3.63) is 46.2 Å². The van der Waals surface area contributed by atoms with E-state index in [0.29, 0.717) is 17.8 Å². The van der Waals surface area contributed by atoms with E-state index in [9.17, 15) is 31.1 Å². The first-order chi connectivity index (χ1) is 12.4. The molecule has 0 unspecified atom stereocenters. The molecule has 0 saturated heterocycles. The van der Waals surface area contributed by atoms with Crippen molar-refractivity contribution >= 4 is 35.0 Å². The van der Waals surface area contributed by atoms with Crippen LogP contribution in [0.25, 0.3) is 0 Å². The second kappa shape index (κ2) is 7.93. The summed E-state index contributed by atoms with van der Waals surface area (Å²) in [6.07, 6.45) is -9.29. The standard InChI is InChI=1S/C15H10ClF6N3OS/c1-7-4-11(15(20,21)22)25-13(23-7)27-6-12(26)24-10-5-8(14(17,18)19)2-3-9(10)16/h2-5H,6H2,1H3,(H,24,26). The zero-order valence-electron chi connectivity index (χ0n) is 13.4. The molecule has 146 valence electrons. The Balaban J connectivity index is 2.09. The third-order valence-corrected chi connectivity index (χ3v) is 4.20. The lowest BCUT2D eigenvalue weighted by Gasteiger charge is -2.12. The Morgan fingerprint density at radius 3 is 2.37 bits per heavy atom. The molecule has 0 aliphatic heterocycles. The molecule has 27 heavy (non-hydrogen) atoms. The van der Waals surface area contributed by atoms with Gasteiger partial charge in [-0.15, -0.1) is 0 Å². The van der Waals surface area contributed by atoms with E-state index in [2.05, 4.69) is 15.3 Å². The lowest BCUT2D eigenvalue weighted by Crippen LogP contribution is -2.16. The van der Waals surface area contributed by atoms with Gasteiger partial charge in [-0.25, -0.2) is 9.97 Å². The average molecular weight is 430 g/mol. The summed E-state index contributed by atoms with van der Waals surface area (Å²) in [6, 6.07) is 3.15. The Kier molecular flexibility index (Phi) is 6.25. The minimum Gasteiger partial charge on any atom is -0.324 e. The number of nitrogens with one attached hydrogen (secondary N) is 1. The molecule has 1 amide bonds. The van der Waals surface area contributed by atoms with Crippen LogP contribution in [0.1, 0.15) is 17.0 Å². The van der Waals surface area contributed by atoms with Gasteiger partial charge in [0.25, 0.3) is 0 Å². The highest BCUT2D eigenvalue weighted by Crippen LogP contribution is 2.34. The Morgan fingerprint density at radius 2 is 1.78 bits per heavy atom. The van der Waals surface area contributed by atoms with Crippen molar-refractivity contribution in [1.29, 1.82) is 0 Å². The maximum atomic E-state index is 12.7. The van der Waals surface area contributed by atoms with Crippen LogP contribution in [0.5, 0.6) is 0 Å². The predicted molar refractivity (Wildman–Crippen MR) is 87.6 cm³/mol. The molecule has 0 saturated carbocycles. The van der Waals surface area contributed by atoms with Gasteiger partial charge in [0.2, 0.25) is 5.91 Å². The molecule has 0 radical (unpaired) electrons. The average Bonchev–Trinajstić information content (AvgIpc) is 2.52. The number of amides is 1. The number of anilines is 1. The van der Waals surface area contributed by atoms with E-state index < -0.39 is 35.3 Å². The summed E-state index contributed by atoms with van der Waals surface area (Å²) in [5.74, 6) is -1.20. The van der Waals surface area contributed by atoms with E-state index in [1.165, 1.54) is 6.92 Å². The van der Waals surface area contributed by atoms with Crippen LogP contribution in [0, 0.1) is 6.92 Å². The number of nitrogens with zero attached hydrogens (tertiary/aromatic N) is 2. The van der Waals surface area contributed by atoms with Crippen LogP contribution in [0.3, 0.4) is 0 Å². The Labute approximate surface area is 158 Å². The molecular weight excluding hydrogens is 420 g/mol. The third kappa shape index (κ3) is 5.99. The topological polar surface area (TPSA) is 54.9 Å². The number of hydrogen-bond acceptors (Lipinski definition) is 4. The van der Waals surface area contributed by atoms with Crippen molar-refractivity contribution in [1.82, 2.24) is 9.97 Å². The molecule has 0 bridgehead atoms. The summed E-state index contributed by atoms with van der Waals surface area (Å²) in [5.41, 5.74) is -2.37. The maximum absolute atomic E-state index is 12.7. The zero-order chi connectivity index (χ0) is 20.4. The third-order valence-electron chi connectivity index (χ3n) is 3.02. The molecule has 4 nitrogen and oxygen atoms in total. The van der Waals surface area contributed by atoms with Gasteiger partial charge in [0.1, 0.15) is 5.69 Å². The first kappa shape index (κ1) is 21.3.